The highest BCUT2D eigenvalue weighted by Gasteiger charge is 2.22. The maximum atomic E-state index is 12.7. The Morgan fingerprint density at radius 2 is 1.84 bits per heavy atom. The number of hydrogen-bond acceptors (Lipinski definition) is 5. The van der Waals surface area contributed by atoms with Gasteiger partial charge in [-0.15, -0.1) is 0 Å². The Kier molecular flexibility index (Phi) is 6.62. The lowest BCUT2D eigenvalue weighted by Crippen LogP contribution is -2.48. The predicted molar refractivity (Wildman–Crippen MR) is 122 cm³/mol. The Balaban J connectivity index is 1.36. The molecular weight excluding hydrogens is 432 g/mol. The van der Waals surface area contributed by atoms with Crippen molar-refractivity contribution < 1.29 is 19.1 Å². The van der Waals surface area contributed by atoms with Crippen LogP contribution in [-0.4, -0.2) is 66.9 Å². The molecule has 168 valence electrons. The van der Waals surface area contributed by atoms with Gasteiger partial charge in [0.05, 0.1) is 22.7 Å². The molecule has 0 radical (unpaired) electrons. The van der Waals surface area contributed by atoms with Gasteiger partial charge in [-0.25, -0.2) is 0 Å². The zero-order chi connectivity index (χ0) is 22.7. The second kappa shape index (κ2) is 9.58. The summed E-state index contributed by atoms with van der Waals surface area (Å²) in [7, 11) is 0. The average Bonchev–Trinajstić information content (AvgIpc) is 2.79. The van der Waals surface area contributed by atoms with Gasteiger partial charge in [0.2, 0.25) is 5.91 Å². The molecule has 0 bridgehead atoms. The molecule has 0 aromatic heterocycles. The SMILES string of the molecule is CCN1CCN(C(=O)Cc2ccc(NC(=O)c3cc4c(cc3Cl)NC(=O)CO4)cc2)CC1. The van der Waals surface area contributed by atoms with Crippen molar-refractivity contribution in [2.45, 2.75) is 13.3 Å². The van der Waals surface area contributed by atoms with Gasteiger partial charge in [0, 0.05) is 31.9 Å². The van der Waals surface area contributed by atoms with Gasteiger partial charge in [0.15, 0.2) is 6.61 Å². The van der Waals surface area contributed by atoms with Crippen molar-refractivity contribution in [3.63, 3.8) is 0 Å². The lowest BCUT2D eigenvalue weighted by Gasteiger charge is -2.34. The summed E-state index contributed by atoms with van der Waals surface area (Å²) in [6.45, 7) is 6.38. The summed E-state index contributed by atoms with van der Waals surface area (Å²) in [6, 6.07) is 10.2. The van der Waals surface area contributed by atoms with Gasteiger partial charge in [-0.2, -0.15) is 0 Å². The first-order valence-electron chi connectivity index (χ1n) is 10.6. The van der Waals surface area contributed by atoms with Crippen molar-refractivity contribution in [3.05, 3.63) is 52.5 Å². The fourth-order valence-corrected chi connectivity index (χ4v) is 4.03. The minimum atomic E-state index is -0.393. The molecule has 0 atom stereocenters. The van der Waals surface area contributed by atoms with E-state index < -0.39 is 5.91 Å². The average molecular weight is 457 g/mol. The van der Waals surface area contributed by atoms with E-state index in [1.54, 1.807) is 12.1 Å². The number of piperazine rings is 1. The zero-order valence-electron chi connectivity index (χ0n) is 17.8. The Labute approximate surface area is 191 Å². The number of halogens is 1. The van der Waals surface area contributed by atoms with Gasteiger partial charge in [-0.1, -0.05) is 30.7 Å². The summed E-state index contributed by atoms with van der Waals surface area (Å²) < 4.78 is 5.36. The third-order valence-corrected chi connectivity index (χ3v) is 6.00. The second-order valence-electron chi connectivity index (χ2n) is 7.81. The standard InChI is InChI=1S/C23H25ClN4O4/c1-2-27-7-9-28(10-8-27)22(30)11-15-3-5-16(6-4-15)25-23(31)17-12-20-19(13-18(17)24)26-21(29)14-32-20/h3-6,12-13H,2,7-11,14H2,1H3,(H,25,31)(H,26,29). The third-order valence-electron chi connectivity index (χ3n) is 5.69. The summed E-state index contributed by atoms with van der Waals surface area (Å²) in [5, 5.41) is 5.66. The quantitative estimate of drug-likeness (QED) is 0.721. The fraction of sp³-hybridized carbons (Fsp3) is 0.348. The molecule has 2 aromatic carbocycles. The van der Waals surface area contributed by atoms with Crippen LogP contribution in [0.5, 0.6) is 5.75 Å². The number of anilines is 2. The van der Waals surface area contributed by atoms with Crippen LogP contribution in [0.25, 0.3) is 0 Å². The Hall–Kier alpha value is -3.10. The molecule has 32 heavy (non-hydrogen) atoms. The van der Waals surface area contributed by atoms with Gasteiger partial charge in [-0.05, 0) is 36.4 Å². The van der Waals surface area contributed by atoms with E-state index in [9.17, 15) is 14.4 Å². The summed E-state index contributed by atoms with van der Waals surface area (Å²) >= 11 is 6.23. The van der Waals surface area contributed by atoms with Gasteiger partial charge < -0.3 is 25.2 Å². The number of nitrogens with zero attached hydrogens (tertiary/aromatic N) is 2. The van der Waals surface area contributed by atoms with Crippen molar-refractivity contribution in [2.75, 3.05) is 50.0 Å². The number of carbonyl (C=O) groups excluding carboxylic acids is 3. The highest BCUT2D eigenvalue weighted by atomic mass is 35.5. The molecule has 2 aromatic rings. The van der Waals surface area contributed by atoms with Crippen LogP contribution in [0.3, 0.4) is 0 Å². The van der Waals surface area contributed by atoms with E-state index in [1.165, 1.54) is 12.1 Å². The van der Waals surface area contributed by atoms with E-state index in [0.29, 0.717) is 23.5 Å². The monoisotopic (exact) mass is 456 g/mol. The van der Waals surface area contributed by atoms with Crippen LogP contribution in [0, 0.1) is 0 Å². The van der Waals surface area contributed by atoms with E-state index in [1.807, 2.05) is 17.0 Å². The number of hydrogen-bond donors (Lipinski definition) is 2. The lowest BCUT2D eigenvalue weighted by molar-refractivity contribution is -0.132. The number of benzene rings is 2. The van der Waals surface area contributed by atoms with Gasteiger partial charge in [-0.3, -0.25) is 14.4 Å². The number of carbonyl (C=O) groups is 3. The third kappa shape index (κ3) is 5.03. The maximum absolute atomic E-state index is 12.7. The largest absolute Gasteiger partial charge is 0.482 e. The van der Waals surface area contributed by atoms with Crippen LogP contribution >= 0.6 is 11.6 Å². The molecule has 2 aliphatic rings. The van der Waals surface area contributed by atoms with E-state index >= 15 is 0 Å². The van der Waals surface area contributed by atoms with E-state index in [-0.39, 0.29) is 29.0 Å². The van der Waals surface area contributed by atoms with E-state index in [0.717, 1.165) is 38.3 Å². The van der Waals surface area contributed by atoms with Crippen molar-refractivity contribution in [3.8, 4) is 5.75 Å². The molecule has 3 amide bonds. The predicted octanol–water partition coefficient (Wildman–Crippen LogP) is 2.63. The molecular formula is C23H25ClN4O4. The lowest BCUT2D eigenvalue weighted by atomic mass is 10.1. The summed E-state index contributed by atoms with van der Waals surface area (Å²) in [4.78, 5) is 40.9. The van der Waals surface area contributed by atoms with Crippen LogP contribution in [-0.2, 0) is 16.0 Å². The molecule has 1 fully saturated rings. The number of fused-ring (bicyclic) bond motifs is 1. The molecule has 2 heterocycles. The van der Waals surface area contributed by atoms with Crippen molar-refractivity contribution in [1.29, 1.82) is 0 Å². The zero-order valence-corrected chi connectivity index (χ0v) is 18.6. The molecule has 9 heteroatoms. The van der Waals surface area contributed by atoms with Crippen LogP contribution in [0.4, 0.5) is 11.4 Å². The van der Waals surface area contributed by atoms with Gasteiger partial charge in [0.1, 0.15) is 5.75 Å². The molecule has 0 aliphatic carbocycles. The van der Waals surface area contributed by atoms with Crippen LogP contribution in [0.1, 0.15) is 22.8 Å². The fourth-order valence-electron chi connectivity index (χ4n) is 3.78. The molecule has 2 aliphatic heterocycles. The van der Waals surface area contributed by atoms with Gasteiger partial charge >= 0.3 is 0 Å². The maximum Gasteiger partial charge on any atom is 0.262 e. The molecule has 1 saturated heterocycles. The Morgan fingerprint density at radius 3 is 2.53 bits per heavy atom. The summed E-state index contributed by atoms with van der Waals surface area (Å²) in [5.74, 6) is -0.151. The number of likely N-dealkylation sites (N-methyl/N-ethyl adjacent to an activating group) is 1. The first-order valence-corrected chi connectivity index (χ1v) is 11.0. The molecule has 4 rings (SSSR count). The Bertz CT molecular complexity index is 1030. The van der Waals surface area contributed by atoms with Crippen molar-refractivity contribution >= 4 is 40.7 Å². The smallest absolute Gasteiger partial charge is 0.262 e. The molecule has 0 saturated carbocycles. The number of amides is 3. The highest BCUT2D eigenvalue weighted by Crippen LogP contribution is 2.33. The first kappa shape index (κ1) is 22.1. The molecule has 8 nitrogen and oxygen atoms in total. The van der Waals surface area contributed by atoms with E-state index in [4.69, 9.17) is 16.3 Å². The molecule has 0 unspecified atom stereocenters. The molecule has 0 spiro atoms. The minimum Gasteiger partial charge on any atom is -0.482 e. The molecule has 2 N–H and O–H groups in total. The van der Waals surface area contributed by atoms with Crippen LogP contribution < -0.4 is 15.4 Å². The topological polar surface area (TPSA) is 91.0 Å². The van der Waals surface area contributed by atoms with E-state index in [2.05, 4.69) is 22.5 Å². The van der Waals surface area contributed by atoms with Gasteiger partial charge in [0.25, 0.3) is 11.8 Å². The Morgan fingerprint density at radius 1 is 1.12 bits per heavy atom. The summed E-state index contributed by atoms with van der Waals surface area (Å²) in [6.07, 6.45) is 0.333. The second-order valence-corrected chi connectivity index (χ2v) is 8.22. The summed E-state index contributed by atoms with van der Waals surface area (Å²) in [5.41, 5.74) is 2.16. The normalized spacial score (nSPS) is 16.1. The number of rotatable bonds is 5. The number of nitrogens with one attached hydrogen (secondary N) is 2. The van der Waals surface area contributed by atoms with Crippen LogP contribution in [0.2, 0.25) is 5.02 Å². The van der Waals surface area contributed by atoms with Crippen molar-refractivity contribution in [2.24, 2.45) is 0 Å². The van der Waals surface area contributed by atoms with Crippen molar-refractivity contribution in [1.82, 2.24) is 9.80 Å². The van der Waals surface area contributed by atoms with Crippen LogP contribution in [0.15, 0.2) is 36.4 Å². The minimum absolute atomic E-state index is 0.107. The first-order chi connectivity index (χ1) is 15.4. The number of ether oxygens (including phenoxy) is 1. The highest BCUT2D eigenvalue weighted by molar-refractivity contribution is 6.35.